The molecule has 1 aliphatic carbocycles. The van der Waals surface area contributed by atoms with Gasteiger partial charge < -0.3 is 0 Å². The van der Waals surface area contributed by atoms with Gasteiger partial charge in [-0.05, 0) is 39.1 Å². The largest absolute Gasteiger partial charge is 0.297 e. The van der Waals surface area contributed by atoms with Crippen molar-refractivity contribution in [2.75, 3.05) is 14.1 Å². The van der Waals surface area contributed by atoms with Crippen LogP contribution in [0.4, 0.5) is 0 Å². The second-order valence-electron chi connectivity index (χ2n) is 4.94. The van der Waals surface area contributed by atoms with Crippen molar-refractivity contribution in [1.82, 2.24) is 4.90 Å². The van der Waals surface area contributed by atoms with Crippen LogP contribution in [0.25, 0.3) is 0 Å². The molecular formula is C14H18ClNO. The third kappa shape index (κ3) is 2.12. The highest BCUT2D eigenvalue weighted by atomic mass is 35.5. The van der Waals surface area contributed by atoms with E-state index in [4.69, 9.17) is 11.6 Å². The number of rotatable bonds is 3. The summed E-state index contributed by atoms with van der Waals surface area (Å²) in [6.07, 6.45) is 4.11. The van der Waals surface area contributed by atoms with Crippen LogP contribution in [0.3, 0.4) is 0 Å². The van der Waals surface area contributed by atoms with Crippen LogP contribution in [-0.4, -0.2) is 30.3 Å². The Labute approximate surface area is 108 Å². The lowest BCUT2D eigenvalue weighted by molar-refractivity contribution is 0.0693. The summed E-state index contributed by atoms with van der Waals surface area (Å²) >= 11 is 6.12. The van der Waals surface area contributed by atoms with Gasteiger partial charge in [0, 0.05) is 5.56 Å². The molecule has 0 aromatic heterocycles. The van der Waals surface area contributed by atoms with Gasteiger partial charge in [-0.15, -0.1) is 0 Å². The molecule has 2 nitrogen and oxygen atoms in total. The second kappa shape index (κ2) is 4.79. The lowest BCUT2D eigenvalue weighted by atomic mass is 9.86. The Bertz CT molecular complexity index is 422. The zero-order valence-corrected chi connectivity index (χ0v) is 11.1. The molecule has 1 fully saturated rings. The van der Waals surface area contributed by atoms with Crippen molar-refractivity contribution in [3.8, 4) is 0 Å². The first-order valence-corrected chi connectivity index (χ1v) is 6.42. The van der Waals surface area contributed by atoms with E-state index in [2.05, 4.69) is 4.90 Å². The van der Waals surface area contributed by atoms with E-state index in [9.17, 15) is 4.79 Å². The second-order valence-corrected chi connectivity index (χ2v) is 5.35. The topological polar surface area (TPSA) is 20.3 Å². The molecule has 0 unspecified atom stereocenters. The van der Waals surface area contributed by atoms with E-state index in [0.717, 1.165) is 25.7 Å². The third-order valence-electron chi connectivity index (χ3n) is 3.83. The van der Waals surface area contributed by atoms with Gasteiger partial charge in [0.1, 0.15) is 0 Å². The number of carbonyl (C=O) groups excluding carboxylic acids is 1. The zero-order chi connectivity index (χ0) is 12.5. The van der Waals surface area contributed by atoms with Crippen molar-refractivity contribution in [2.24, 2.45) is 0 Å². The van der Waals surface area contributed by atoms with Crippen molar-refractivity contribution in [1.29, 1.82) is 0 Å². The normalized spacial score (nSPS) is 18.6. The van der Waals surface area contributed by atoms with Crippen LogP contribution < -0.4 is 0 Å². The van der Waals surface area contributed by atoms with E-state index in [1.165, 1.54) is 0 Å². The van der Waals surface area contributed by atoms with Crippen LogP contribution in [0.15, 0.2) is 24.3 Å². The minimum Gasteiger partial charge on any atom is -0.297 e. The van der Waals surface area contributed by atoms with E-state index in [0.29, 0.717) is 10.6 Å². The summed E-state index contributed by atoms with van der Waals surface area (Å²) < 4.78 is 0. The van der Waals surface area contributed by atoms with Gasteiger partial charge in [-0.2, -0.15) is 0 Å². The molecule has 0 heterocycles. The van der Waals surface area contributed by atoms with Gasteiger partial charge in [0.05, 0.1) is 10.6 Å². The number of likely N-dealkylation sites (N-methyl/N-ethyl adjacent to an activating group) is 1. The molecule has 3 heteroatoms. The number of halogens is 1. The van der Waals surface area contributed by atoms with Gasteiger partial charge in [-0.1, -0.05) is 36.6 Å². The molecule has 2 rings (SSSR count). The lowest BCUT2D eigenvalue weighted by Crippen LogP contribution is -2.48. The van der Waals surface area contributed by atoms with Crippen molar-refractivity contribution >= 4 is 17.4 Å². The first-order valence-electron chi connectivity index (χ1n) is 6.05. The van der Waals surface area contributed by atoms with Crippen LogP contribution in [-0.2, 0) is 0 Å². The molecule has 1 aromatic carbocycles. The Morgan fingerprint density at radius 1 is 1.24 bits per heavy atom. The number of hydrogen-bond donors (Lipinski definition) is 0. The maximum Gasteiger partial charge on any atom is 0.184 e. The smallest absolute Gasteiger partial charge is 0.184 e. The number of nitrogens with zero attached hydrogens (tertiary/aromatic N) is 1. The molecule has 0 bridgehead atoms. The number of Topliss-reactive ketones (excluding diaryl/α,β-unsaturated/α-hetero) is 1. The van der Waals surface area contributed by atoms with E-state index < -0.39 is 0 Å². The summed E-state index contributed by atoms with van der Waals surface area (Å²) in [4.78, 5) is 14.8. The first kappa shape index (κ1) is 12.6. The Hall–Kier alpha value is -0.860. The maximum absolute atomic E-state index is 12.7. The number of benzene rings is 1. The molecule has 17 heavy (non-hydrogen) atoms. The predicted octanol–water partition coefficient (Wildman–Crippen LogP) is 3.40. The molecule has 0 N–H and O–H groups in total. The number of ketones is 1. The molecule has 92 valence electrons. The van der Waals surface area contributed by atoms with Crippen molar-refractivity contribution < 1.29 is 4.79 Å². The van der Waals surface area contributed by atoms with Crippen LogP contribution in [0.5, 0.6) is 0 Å². The molecule has 0 amide bonds. The summed E-state index contributed by atoms with van der Waals surface area (Å²) in [7, 11) is 3.97. The maximum atomic E-state index is 12.7. The van der Waals surface area contributed by atoms with Gasteiger partial charge in [-0.3, -0.25) is 9.69 Å². The van der Waals surface area contributed by atoms with E-state index in [1.54, 1.807) is 6.07 Å². The van der Waals surface area contributed by atoms with Crippen molar-refractivity contribution in [3.05, 3.63) is 34.9 Å². The fourth-order valence-electron chi connectivity index (χ4n) is 2.73. The molecule has 0 aliphatic heterocycles. The lowest BCUT2D eigenvalue weighted by Gasteiger charge is -2.35. The van der Waals surface area contributed by atoms with Gasteiger partial charge in [-0.25, -0.2) is 0 Å². The van der Waals surface area contributed by atoms with Crippen molar-refractivity contribution in [3.63, 3.8) is 0 Å². The fourth-order valence-corrected chi connectivity index (χ4v) is 2.95. The van der Waals surface area contributed by atoms with E-state index >= 15 is 0 Å². The Balaban J connectivity index is 2.39. The minimum absolute atomic E-state index is 0.172. The molecule has 0 saturated heterocycles. The Kier molecular flexibility index (Phi) is 3.55. The molecular weight excluding hydrogens is 234 g/mol. The Morgan fingerprint density at radius 3 is 2.35 bits per heavy atom. The Morgan fingerprint density at radius 2 is 1.82 bits per heavy atom. The van der Waals surface area contributed by atoms with Crippen LogP contribution in [0, 0.1) is 0 Å². The summed E-state index contributed by atoms with van der Waals surface area (Å²) in [6, 6.07) is 7.34. The molecule has 1 aromatic rings. The summed E-state index contributed by atoms with van der Waals surface area (Å²) in [5.41, 5.74) is 0.315. The monoisotopic (exact) mass is 251 g/mol. The minimum atomic E-state index is -0.342. The average molecular weight is 252 g/mol. The van der Waals surface area contributed by atoms with Crippen LogP contribution >= 0.6 is 11.6 Å². The highest BCUT2D eigenvalue weighted by molar-refractivity contribution is 6.34. The number of carbonyl (C=O) groups is 1. The fraction of sp³-hybridized carbons (Fsp3) is 0.500. The molecule has 1 saturated carbocycles. The molecule has 0 spiro atoms. The summed E-state index contributed by atoms with van der Waals surface area (Å²) in [6.45, 7) is 0. The summed E-state index contributed by atoms with van der Waals surface area (Å²) in [5, 5.41) is 0.561. The van der Waals surface area contributed by atoms with Gasteiger partial charge >= 0.3 is 0 Å². The highest BCUT2D eigenvalue weighted by Crippen LogP contribution is 2.37. The molecule has 0 radical (unpaired) electrons. The van der Waals surface area contributed by atoms with Crippen LogP contribution in [0.1, 0.15) is 36.0 Å². The SMILES string of the molecule is CN(C)C1(C(=O)c2ccccc2Cl)CCCC1. The van der Waals surface area contributed by atoms with Gasteiger partial charge in [0.25, 0.3) is 0 Å². The average Bonchev–Trinajstić information content (AvgIpc) is 2.79. The third-order valence-corrected chi connectivity index (χ3v) is 4.16. The summed E-state index contributed by atoms with van der Waals surface area (Å²) in [5.74, 6) is 0.172. The van der Waals surface area contributed by atoms with Crippen molar-refractivity contribution in [2.45, 2.75) is 31.2 Å². The van der Waals surface area contributed by atoms with E-state index in [-0.39, 0.29) is 11.3 Å². The van der Waals surface area contributed by atoms with Gasteiger partial charge in [0.2, 0.25) is 0 Å². The highest BCUT2D eigenvalue weighted by Gasteiger charge is 2.43. The zero-order valence-electron chi connectivity index (χ0n) is 10.4. The first-order chi connectivity index (χ1) is 8.08. The molecule has 1 aliphatic rings. The van der Waals surface area contributed by atoms with Gasteiger partial charge in [0.15, 0.2) is 5.78 Å². The molecule has 0 atom stereocenters. The predicted molar refractivity (Wildman–Crippen MR) is 70.7 cm³/mol. The van der Waals surface area contributed by atoms with Crippen LogP contribution in [0.2, 0.25) is 5.02 Å². The quantitative estimate of drug-likeness (QED) is 0.768. The van der Waals surface area contributed by atoms with E-state index in [1.807, 2.05) is 32.3 Å². The number of hydrogen-bond acceptors (Lipinski definition) is 2. The standard InChI is InChI=1S/C14H18ClNO/c1-16(2)14(9-5-6-10-14)13(17)11-7-3-4-8-12(11)15/h3-4,7-8H,5-6,9-10H2,1-2H3.